The maximum absolute atomic E-state index is 16.1. The van der Waals surface area contributed by atoms with E-state index in [1.54, 1.807) is 125 Å². The van der Waals surface area contributed by atoms with Crippen LogP contribution in [-0.4, -0.2) is 202 Å². The average Bonchev–Trinajstić information content (AvgIpc) is 0.667. The van der Waals surface area contributed by atoms with Crippen molar-refractivity contribution in [2.75, 3.05) is 32.8 Å². The summed E-state index contributed by atoms with van der Waals surface area (Å²) in [7, 11) is 0. The topological polar surface area (TPSA) is 447 Å². The Balaban J connectivity index is 0.000000733. The molecule has 2 bridgehead atoms. The molecule has 4 aromatic rings. The highest BCUT2D eigenvalue weighted by Gasteiger charge is 2.78. The van der Waals surface area contributed by atoms with E-state index in [0.717, 1.165) is 19.8 Å². The van der Waals surface area contributed by atoms with Crippen molar-refractivity contribution >= 4 is 82.6 Å². The van der Waals surface area contributed by atoms with Gasteiger partial charge in [0.25, 0.3) is 5.91 Å². The molecule has 3 fully saturated rings. The largest absolute Gasteiger partial charge is 0.455 e. The molecule has 4 aliphatic rings. The molecule has 10 N–H and O–H groups in total. The number of ketones is 3. The third-order valence-electron chi connectivity index (χ3n) is 24.7. The maximum atomic E-state index is 16.1. The van der Waals surface area contributed by atoms with Crippen molar-refractivity contribution in [3.63, 3.8) is 0 Å². The summed E-state index contributed by atoms with van der Waals surface area (Å²) in [6.07, 6.45) is -10.2. The van der Waals surface area contributed by atoms with E-state index >= 15 is 9.59 Å². The fraction of sp³-hybridized carbons (Fsp3) is 0.579. The highest BCUT2D eigenvalue weighted by Crippen LogP contribution is 2.65. The first kappa shape index (κ1) is 103. The van der Waals surface area contributed by atoms with E-state index < -0.39 is 197 Å². The van der Waals surface area contributed by atoms with Gasteiger partial charge in [0.05, 0.1) is 60.9 Å². The van der Waals surface area contributed by atoms with Crippen molar-refractivity contribution in [1.29, 1.82) is 0 Å². The average molecular weight is 1740 g/mol. The summed E-state index contributed by atoms with van der Waals surface area (Å²) in [4.78, 5) is 192. The molecule has 4 aromatic carbocycles. The predicted molar refractivity (Wildman–Crippen MR) is 463 cm³/mol. The lowest BCUT2D eigenvalue weighted by molar-refractivity contribution is -0.346. The number of hydrogen-bond acceptors (Lipinski definition) is 24. The van der Waals surface area contributed by atoms with Crippen LogP contribution in [0, 0.1) is 44.8 Å². The molecule has 125 heavy (non-hydrogen) atoms. The summed E-state index contributed by atoms with van der Waals surface area (Å²) in [6, 6.07) is 29.7. The van der Waals surface area contributed by atoms with Gasteiger partial charge in [-0.25, -0.2) is 9.59 Å². The highest BCUT2D eigenvalue weighted by molar-refractivity contribution is 5.98. The molecule has 2 saturated carbocycles. The minimum Gasteiger partial charge on any atom is -0.455 e. The molecule has 8 rings (SSSR count). The maximum Gasteiger partial charge on any atom is 0.350 e. The first-order valence-electron chi connectivity index (χ1n) is 43.1. The van der Waals surface area contributed by atoms with Gasteiger partial charge in [0.1, 0.15) is 36.5 Å². The molecule has 686 valence electrons. The van der Waals surface area contributed by atoms with E-state index in [1.807, 2.05) is 62.3 Å². The number of benzene rings is 4. The molecule has 6 amide bonds. The van der Waals surface area contributed by atoms with Gasteiger partial charge < -0.3 is 80.7 Å². The smallest absolute Gasteiger partial charge is 0.350 e. The lowest BCUT2D eigenvalue weighted by Gasteiger charge is -2.67. The fourth-order valence-electron chi connectivity index (χ4n) is 15.6. The fourth-order valence-corrected chi connectivity index (χ4v) is 15.6. The molecule has 0 aromatic heterocycles. The summed E-state index contributed by atoms with van der Waals surface area (Å²) in [5.74, 6) is -12.4. The van der Waals surface area contributed by atoms with Crippen molar-refractivity contribution in [3.05, 3.63) is 155 Å². The Morgan fingerprint density at radius 3 is 1.66 bits per heavy atom. The molecular weight excluding hydrogens is 1610 g/mol. The number of carbonyl (C=O) groups excluding carboxylic acids is 14. The zero-order valence-electron chi connectivity index (χ0n) is 75.8. The standard InChI is InChI=1S/C74H90N4O19.C12H23NO3.C9H19NO2/c1-12-56(83)97-73-41-92-54(73)37-53(81)72(11)62(73)64(96-67(88)48-32-24-17-25-33-48)74(91)38-52(43(5)58(71(74,9)10)60(63(72)85)93-44(6)79)94-68(89)61(59(46-28-20-15-21-29-46)78-66(87)47-30-22-16-23-31-47)95-57(84)40-75-65(86)49(34-42(3)4)36-51(80)50(35-45-26-18-14-19-27-45)77-55(82)39-76-69(90)70(7,8)13-2;1-5-12(3,4)11(16)13-8-10(15)7-6-9(2)14;1-5-9(3,4)8(12)10-6-7(2)11/h14-33,42,49-50,52-54,59-62,64,81,91H,12-13,34-41H2,1-11H3,(H,75,86)(H,76,90)(H,77,82)(H,78,87);9,14H,5-8H2,1-4H3,(H,13,16);7,11H,5-6H2,1-4H3,(H,10,12)/t49-,50+,52+,53+,54-,59+,60-,61-,62+,64+,72-,73+,74-;;/m1../s1. The van der Waals surface area contributed by atoms with Gasteiger partial charge in [-0.05, 0) is 119 Å². The molecule has 30 heteroatoms. The number of amides is 6. The van der Waals surface area contributed by atoms with Crippen LogP contribution in [0.3, 0.4) is 0 Å². The minimum atomic E-state index is -2.58. The van der Waals surface area contributed by atoms with Gasteiger partial charge in [0.15, 0.2) is 29.1 Å². The number of Topliss-reactive ketones (excluding diaryl/α,β-unsaturated/α-hetero) is 3. The third kappa shape index (κ3) is 26.6. The number of hydrogen-bond donors (Lipinski definition) is 10. The second-order valence-corrected chi connectivity index (χ2v) is 36.1. The zero-order chi connectivity index (χ0) is 93.5. The molecule has 2 unspecified atom stereocenters. The Labute approximate surface area is 733 Å². The number of fused-ring (bicyclic) bond motifs is 5. The summed E-state index contributed by atoms with van der Waals surface area (Å²) >= 11 is 0. The van der Waals surface area contributed by atoms with Crippen LogP contribution in [-0.2, 0) is 92.4 Å². The van der Waals surface area contributed by atoms with Gasteiger partial charge in [0.2, 0.25) is 35.6 Å². The summed E-state index contributed by atoms with van der Waals surface area (Å²) in [5, 5.41) is 60.7. The normalized spacial score (nSPS) is 22.6. The van der Waals surface area contributed by atoms with Gasteiger partial charge in [0, 0.05) is 78.7 Å². The number of esters is 5. The van der Waals surface area contributed by atoms with Crippen molar-refractivity contribution < 1.29 is 116 Å². The molecule has 1 heterocycles. The van der Waals surface area contributed by atoms with Crippen LogP contribution in [0.5, 0.6) is 0 Å². The van der Waals surface area contributed by atoms with Crippen molar-refractivity contribution in [2.45, 2.75) is 274 Å². The number of nitrogens with one attached hydrogen (secondary N) is 6. The van der Waals surface area contributed by atoms with Gasteiger partial charge in [-0.1, -0.05) is 194 Å². The van der Waals surface area contributed by atoms with E-state index in [0.29, 0.717) is 31.4 Å². The first-order chi connectivity index (χ1) is 58.5. The van der Waals surface area contributed by atoms with Gasteiger partial charge >= 0.3 is 29.8 Å². The van der Waals surface area contributed by atoms with Crippen LogP contribution in [0.4, 0.5) is 0 Å². The minimum absolute atomic E-state index is 0.00163. The van der Waals surface area contributed by atoms with Gasteiger partial charge in [-0.3, -0.25) is 57.5 Å². The van der Waals surface area contributed by atoms with E-state index in [-0.39, 0.29) is 94.9 Å². The molecule has 1 aliphatic heterocycles. The quantitative estimate of drug-likeness (QED) is 0.0114. The monoisotopic (exact) mass is 1740 g/mol. The Bertz CT molecular complexity index is 4450. The highest BCUT2D eigenvalue weighted by atomic mass is 16.6. The van der Waals surface area contributed by atoms with E-state index in [1.165, 1.54) is 58.9 Å². The molecular formula is C95H132N6O24. The van der Waals surface area contributed by atoms with Crippen molar-refractivity contribution in [1.82, 2.24) is 31.9 Å². The van der Waals surface area contributed by atoms with E-state index in [2.05, 4.69) is 31.9 Å². The summed E-state index contributed by atoms with van der Waals surface area (Å²) < 4.78 is 37.5. The Kier molecular flexibility index (Phi) is 37.3. The number of aliphatic hydroxyl groups excluding tert-OH is 3. The van der Waals surface area contributed by atoms with Gasteiger partial charge in [-0.2, -0.15) is 0 Å². The summed E-state index contributed by atoms with van der Waals surface area (Å²) in [6.45, 7) is 30.8. The molecule has 3 aliphatic carbocycles. The van der Waals surface area contributed by atoms with E-state index in [9.17, 15) is 67.7 Å². The molecule has 0 spiro atoms. The molecule has 1 saturated heterocycles. The number of ether oxygens (including phenoxy) is 6. The predicted octanol–water partition coefficient (Wildman–Crippen LogP) is 8.88. The molecule has 0 radical (unpaired) electrons. The summed E-state index contributed by atoms with van der Waals surface area (Å²) in [5.41, 5.74) is -9.03. The Hall–Kier alpha value is -10.4. The Morgan fingerprint density at radius 2 is 1.16 bits per heavy atom. The number of aliphatic hydroxyl groups is 4. The van der Waals surface area contributed by atoms with Crippen LogP contribution in [0.1, 0.15) is 234 Å². The number of rotatable bonds is 38. The lowest BCUT2D eigenvalue weighted by atomic mass is 9.44. The lowest BCUT2D eigenvalue weighted by Crippen LogP contribution is -2.82. The zero-order valence-corrected chi connectivity index (χ0v) is 75.8. The first-order valence-corrected chi connectivity index (χ1v) is 43.1. The third-order valence-corrected chi connectivity index (χ3v) is 24.7. The van der Waals surface area contributed by atoms with E-state index in [4.69, 9.17) is 38.6 Å². The van der Waals surface area contributed by atoms with Crippen LogP contribution in [0.25, 0.3) is 0 Å². The van der Waals surface area contributed by atoms with Crippen molar-refractivity contribution in [3.8, 4) is 0 Å². The van der Waals surface area contributed by atoms with Crippen LogP contribution < -0.4 is 31.9 Å². The van der Waals surface area contributed by atoms with Crippen molar-refractivity contribution in [2.24, 2.45) is 44.8 Å². The second kappa shape index (κ2) is 45.2. The SMILES string of the molecule is CCC(=O)O[C@@]12CO[C@@H]1C[C@H](O)[C@@]1(C)C(=O)[C@H](OC(C)=O)C3=C(C)[C@@H](OC(=O)[C@H](OC(=O)CNC(=O)[C@@H](CC(=O)[C@H](Cc4ccccc4)NC(=O)CNC(=O)C(C)(C)CC)CC(C)C)[C@@H](NC(=O)c4ccccc4)c4ccccc4)C[C@@](O)([C@@H](OC(=O)c4ccccc4)[C@H]21)C3(C)C.CCC(C)(C)C(=O)NCC(=O)CCC(C)O.CCC(C)(C)C(=O)NCC(C)O. The van der Waals surface area contributed by atoms with Gasteiger partial charge in [-0.15, -0.1) is 0 Å². The van der Waals surface area contributed by atoms with Crippen LogP contribution in [0.2, 0.25) is 0 Å². The van der Waals surface area contributed by atoms with Crippen LogP contribution in [0.15, 0.2) is 132 Å². The molecule has 30 nitrogen and oxygen atoms in total. The Morgan fingerprint density at radius 1 is 0.632 bits per heavy atom. The number of carbonyl (C=O) groups is 14. The second-order valence-electron chi connectivity index (χ2n) is 36.1. The molecule has 15 atom stereocenters. The van der Waals surface area contributed by atoms with Crippen LogP contribution >= 0.6 is 0 Å².